The molecule has 3 nitrogen and oxygen atoms in total. The second kappa shape index (κ2) is 2.99. The van der Waals surface area contributed by atoms with Crippen molar-refractivity contribution in [3.63, 3.8) is 0 Å². The molecule has 0 aliphatic carbocycles. The van der Waals surface area contributed by atoms with Gasteiger partial charge in [-0.15, -0.1) is 0 Å². The van der Waals surface area contributed by atoms with Gasteiger partial charge in [0, 0.05) is 25.1 Å². The highest BCUT2D eigenvalue weighted by Crippen LogP contribution is 2.21. The van der Waals surface area contributed by atoms with Gasteiger partial charge in [0.25, 0.3) is 0 Å². The maximum absolute atomic E-state index is 5.93. The average molecular weight is 184 g/mol. The quantitative estimate of drug-likeness (QED) is 0.565. The number of hydrogen-bond donors (Lipinski definition) is 0. The summed E-state index contributed by atoms with van der Waals surface area (Å²) in [6.07, 6.45) is 2.51. The molecule has 0 saturated heterocycles. The molecule has 2 rings (SSSR count). The van der Waals surface area contributed by atoms with E-state index in [1.165, 1.54) is 6.33 Å². The SMILES string of the molecule is CN1CCc2ncnc(Cl)c2C1. The Balaban J connectivity index is 2.43. The maximum atomic E-state index is 5.93. The summed E-state index contributed by atoms with van der Waals surface area (Å²) in [5, 5.41) is 0.603. The van der Waals surface area contributed by atoms with Gasteiger partial charge in [-0.2, -0.15) is 0 Å². The van der Waals surface area contributed by atoms with E-state index in [4.69, 9.17) is 11.6 Å². The normalized spacial score (nSPS) is 17.5. The van der Waals surface area contributed by atoms with E-state index in [0.717, 1.165) is 30.8 Å². The first kappa shape index (κ1) is 7.95. The molecule has 12 heavy (non-hydrogen) atoms. The van der Waals surface area contributed by atoms with Crippen molar-refractivity contribution < 1.29 is 0 Å². The third kappa shape index (κ3) is 1.30. The summed E-state index contributed by atoms with van der Waals surface area (Å²) in [6, 6.07) is 0. The zero-order valence-corrected chi connectivity index (χ0v) is 7.67. The Labute approximate surface area is 76.4 Å². The van der Waals surface area contributed by atoms with Crippen molar-refractivity contribution in [2.75, 3.05) is 13.6 Å². The Morgan fingerprint density at radius 3 is 3.17 bits per heavy atom. The van der Waals surface area contributed by atoms with Crippen LogP contribution in [0.15, 0.2) is 6.33 Å². The highest BCUT2D eigenvalue weighted by atomic mass is 35.5. The number of fused-ring (bicyclic) bond motifs is 1. The fraction of sp³-hybridized carbons (Fsp3) is 0.500. The van der Waals surface area contributed by atoms with Crippen LogP contribution in [0.1, 0.15) is 11.3 Å². The third-order valence-corrected chi connectivity index (χ3v) is 2.47. The molecule has 64 valence electrons. The molecule has 0 fully saturated rings. The third-order valence-electron chi connectivity index (χ3n) is 2.14. The van der Waals surface area contributed by atoms with Crippen molar-refractivity contribution >= 4 is 11.6 Å². The second-order valence-electron chi connectivity index (χ2n) is 3.08. The molecular formula is C8H10ClN3. The summed E-state index contributed by atoms with van der Waals surface area (Å²) in [5.41, 5.74) is 2.20. The number of hydrogen-bond acceptors (Lipinski definition) is 3. The molecule has 0 bridgehead atoms. The first-order valence-electron chi connectivity index (χ1n) is 3.94. The molecule has 0 radical (unpaired) electrons. The Morgan fingerprint density at radius 1 is 1.50 bits per heavy atom. The monoisotopic (exact) mass is 183 g/mol. The van der Waals surface area contributed by atoms with Crippen LogP contribution in [0.3, 0.4) is 0 Å². The molecule has 1 aliphatic heterocycles. The number of rotatable bonds is 0. The minimum Gasteiger partial charge on any atom is -0.302 e. The van der Waals surface area contributed by atoms with Crippen LogP contribution in [0.2, 0.25) is 5.15 Å². The van der Waals surface area contributed by atoms with Crippen LogP contribution in [0.5, 0.6) is 0 Å². The van der Waals surface area contributed by atoms with Crippen LogP contribution in [0.4, 0.5) is 0 Å². The van der Waals surface area contributed by atoms with E-state index in [-0.39, 0.29) is 0 Å². The predicted molar refractivity (Wildman–Crippen MR) is 47.1 cm³/mol. The Hall–Kier alpha value is -0.670. The van der Waals surface area contributed by atoms with E-state index in [2.05, 4.69) is 21.9 Å². The largest absolute Gasteiger partial charge is 0.302 e. The van der Waals surface area contributed by atoms with Crippen LogP contribution in [-0.4, -0.2) is 28.5 Å². The van der Waals surface area contributed by atoms with E-state index in [9.17, 15) is 0 Å². The molecule has 0 amide bonds. The molecule has 0 saturated carbocycles. The van der Waals surface area contributed by atoms with Crippen molar-refractivity contribution in [3.8, 4) is 0 Å². The average Bonchev–Trinajstić information content (AvgIpc) is 2.07. The molecule has 0 N–H and O–H groups in total. The van der Waals surface area contributed by atoms with Gasteiger partial charge < -0.3 is 4.90 Å². The number of aromatic nitrogens is 2. The number of likely N-dealkylation sites (N-methyl/N-ethyl adjacent to an activating group) is 1. The number of halogens is 1. The summed E-state index contributed by atoms with van der Waals surface area (Å²) < 4.78 is 0. The molecule has 0 unspecified atom stereocenters. The lowest BCUT2D eigenvalue weighted by Gasteiger charge is -2.23. The summed E-state index contributed by atoms with van der Waals surface area (Å²) in [4.78, 5) is 10.4. The summed E-state index contributed by atoms with van der Waals surface area (Å²) in [5.74, 6) is 0. The fourth-order valence-electron chi connectivity index (χ4n) is 1.44. The topological polar surface area (TPSA) is 29.0 Å². The van der Waals surface area contributed by atoms with Crippen molar-refractivity contribution in [3.05, 3.63) is 22.7 Å². The van der Waals surface area contributed by atoms with Crippen molar-refractivity contribution in [2.45, 2.75) is 13.0 Å². The Kier molecular flexibility index (Phi) is 1.98. The van der Waals surface area contributed by atoms with Gasteiger partial charge in [-0.25, -0.2) is 9.97 Å². The molecular weight excluding hydrogens is 174 g/mol. The summed E-state index contributed by atoms with van der Waals surface area (Å²) in [6.45, 7) is 1.93. The van der Waals surface area contributed by atoms with Gasteiger partial charge in [-0.1, -0.05) is 11.6 Å². The zero-order chi connectivity index (χ0) is 8.55. The highest BCUT2D eigenvalue weighted by Gasteiger charge is 2.16. The van der Waals surface area contributed by atoms with Gasteiger partial charge in [0.2, 0.25) is 0 Å². The number of nitrogens with zero attached hydrogens (tertiary/aromatic N) is 3. The van der Waals surface area contributed by atoms with Gasteiger partial charge in [0.1, 0.15) is 11.5 Å². The first-order valence-corrected chi connectivity index (χ1v) is 4.32. The Bertz CT molecular complexity index is 300. The minimum absolute atomic E-state index is 0.603. The lowest BCUT2D eigenvalue weighted by atomic mass is 10.1. The van der Waals surface area contributed by atoms with Crippen LogP contribution in [-0.2, 0) is 13.0 Å². The van der Waals surface area contributed by atoms with E-state index >= 15 is 0 Å². The van der Waals surface area contributed by atoms with Gasteiger partial charge >= 0.3 is 0 Å². The first-order chi connectivity index (χ1) is 5.77. The van der Waals surface area contributed by atoms with Gasteiger partial charge in [-0.3, -0.25) is 0 Å². The van der Waals surface area contributed by atoms with Crippen LogP contribution in [0, 0.1) is 0 Å². The molecule has 0 spiro atoms. The molecule has 0 atom stereocenters. The zero-order valence-electron chi connectivity index (χ0n) is 6.92. The molecule has 0 aromatic carbocycles. The smallest absolute Gasteiger partial charge is 0.137 e. The predicted octanol–water partition coefficient (Wildman–Crippen LogP) is 1.12. The van der Waals surface area contributed by atoms with E-state index in [1.807, 2.05) is 0 Å². The van der Waals surface area contributed by atoms with Gasteiger partial charge in [0.15, 0.2) is 0 Å². The molecule has 4 heteroatoms. The van der Waals surface area contributed by atoms with E-state index in [1.54, 1.807) is 0 Å². The minimum atomic E-state index is 0.603. The molecule has 2 heterocycles. The summed E-state index contributed by atoms with van der Waals surface area (Å²) in [7, 11) is 2.08. The van der Waals surface area contributed by atoms with Crippen molar-refractivity contribution in [1.29, 1.82) is 0 Å². The van der Waals surface area contributed by atoms with Crippen LogP contribution >= 0.6 is 11.6 Å². The van der Waals surface area contributed by atoms with Crippen molar-refractivity contribution in [2.24, 2.45) is 0 Å². The lowest BCUT2D eigenvalue weighted by Crippen LogP contribution is -2.27. The van der Waals surface area contributed by atoms with Gasteiger partial charge in [0.05, 0.1) is 5.69 Å². The van der Waals surface area contributed by atoms with Crippen LogP contribution < -0.4 is 0 Å². The van der Waals surface area contributed by atoms with Gasteiger partial charge in [-0.05, 0) is 7.05 Å². The standard InChI is InChI=1S/C8H10ClN3/c1-12-3-2-7-6(4-12)8(9)11-5-10-7/h5H,2-4H2,1H3. The van der Waals surface area contributed by atoms with E-state index < -0.39 is 0 Å². The molecule has 1 aromatic heterocycles. The van der Waals surface area contributed by atoms with Crippen LogP contribution in [0.25, 0.3) is 0 Å². The fourth-order valence-corrected chi connectivity index (χ4v) is 1.65. The van der Waals surface area contributed by atoms with E-state index in [0.29, 0.717) is 5.15 Å². The highest BCUT2D eigenvalue weighted by molar-refractivity contribution is 6.30. The summed E-state index contributed by atoms with van der Waals surface area (Å²) >= 11 is 5.93. The second-order valence-corrected chi connectivity index (χ2v) is 3.44. The maximum Gasteiger partial charge on any atom is 0.137 e. The Morgan fingerprint density at radius 2 is 2.33 bits per heavy atom. The lowest BCUT2D eigenvalue weighted by molar-refractivity contribution is 0.309. The molecule has 1 aliphatic rings. The van der Waals surface area contributed by atoms with Crippen molar-refractivity contribution in [1.82, 2.24) is 14.9 Å². The molecule has 1 aromatic rings.